The Bertz CT molecular complexity index is 881. The molecule has 2 N–H and O–H groups in total. The van der Waals surface area contributed by atoms with Gasteiger partial charge in [-0.1, -0.05) is 29.3 Å². The fourth-order valence-electron chi connectivity index (χ4n) is 1.89. The van der Waals surface area contributed by atoms with Crippen molar-refractivity contribution >= 4 is 41.3 Å². The highest BCUT2D eigenvalue weighted by molar-refractivity contribution is 6.39. The van der Waals surface area contributed by atoms with E-state index in [1.165, 1.54) is 18.3 Å². The Morgan fingerprint density at radius 1 is 1.15 bits per heavy atom. The normalized spacial score (nSPS) is 10.4. The number of carbonyl (C=O) groups excluding carboxylic acids is 3. The largest absolute Gasteiger partial charge is 0.546 e. The van der Waals surface area contributed by atoms with Crippen LogP contribution in [0.4, 0.5) is 5.69 Å². The number of hydrogen-bond acceptors (Lipinski definition) is 6. The summed E-state index contributed by atoms with van der Waals surface area (Å²) in [6.07, 6.45) is 1.27. The van der Waals surface area contributed by atoms with Gasteiger partial charge in [0.05, 0.1) is 17.2 Å². The minimum absolute atomic E-state index is 0.156. The highest BCUT2D eigenvalue weighted by Gasteiger charge is 2.12. The monoisotopic (exact) mass is 388 g/mol. The molecule has 140 valence electrons. The number of carbonyl (C=O) groups is 3. The van der Waals surface area contributed by atoms with Crippen LogP contribution in [0.5, 0.6) is 5.75 Å². The van der Waals surface area contributed by atoms with Gasteiger partial charge in [-0.25, -0.2) is 5.43 Å². The van der Waals surface area contributed by atoms with Gasteiger partial charge in [-0.2, -0.15) is 5.10 Å². The standard InChI is InChI=1S/C18H16ClN3O5/c1-11-2-5-13(6-3-11)21-17(25)18(26)22-20-9-12-4-7-15(14(19)8-12)27-10-16(23)24/h2-9H,10H2,1H3,(H,21,25)(H,22,26)(H,23,24)/p-1/b20-9-. The SMILES string of the molecule is Cc1ccc(NC(=O)C(=O)N/N=C\c2ccc(OCC(=O)[O-])c(Cl)c2)cc1. The number of amides is 2. The van der Waals surface area contributed by atoms with Crippen LogP contribution >= 0.6 is 11.6 Å². The fraction of sp³-hybridized carbons (Fsp3) is 0.111. The van der Waals surface area contributed by atoms with E-state index in [9.17, 15) is 19.5 Å². The lowest BCUT2D eigenvalue weighted by Crippen LogP contribution is -2.32. The van der Waals surface area contributed by atoms with E-state index >= 15 is 0 Å². The summed E-state index contributed by atoms with van der Waals surface area (Å²) in [5, 5.41) is 16.6. The molecule has 0 bridgehead atoms. The molecule has 0 heterocycles. The van der Waals surface area contributed by atoms with E-state index in [0.717, 1.165) is 5.56 Å². The first kappa shape index (κ1) is 19.9. The van der Waals surface area contributed by atoms with E-state index in [1.807, 2.05) is 6.92 Å². The van der Waals surface area contributed by atoms with Crippen molar-refractivity contribution < 1.29 is 24.2 Å². The first-order valence-corrected chi connectivity index (χ1v) is 8.06. The van der Waals surface area contributed by atoms with Crippen molar-refractivity contribution in [3.05, 3.63) is 58.6 Å². The molecule has 9 heteroatoms. The van der Waals surface area contributed by atoms with Crippen LogP contribution in [0.15, 0.2) is 47.6 Å². The van der Waals surface area contributed by atoms with E-state index in [2.05, 4.69) is 15.8 Å². The van der Waals surface area contributed by atoms with Crippen LogP contribution < -0.4 is 20.6 Å². The second-order valence-corrected chi connectivity index (χ2v) is 5.78. The molecule has 0 aromatic heterocycles. The average molecular weight is 389 g/mol. The number of nitrogens with one attached hydrogen (secondary N) is 2. The highest BCUT2D eigenvalue weighted by atomic mass is 35.5. The lowest BCUT2D eigenvalue weighted by atomic mass is 10.2. The number of hydrazone groups is 1. The van der Waals surface area contributed by atoms with Crippen molar-refractivity contribution in [1.29, 1.82) is 0 Å². The fourth-order valence-corrected chi connectivity index (χ4v) is 2.14. The Balaban J connectivity index is 1.89. The Kier molecular flexibility index (Phi) is 6.90. The molecule has 0 aliphatic carbocycles. The summed E-state index contributed by atoms with van der Waals surface area (Å²) in [6, 6.07) is 11.4. The van der Waals surface area contributed by atoms with Gasteiger partial charge in [0.2, 0.25) is 0 Å². The first-order chi connectivity index (χ1) is 12.8. The quantitative estimate of drug-likeness (QED) is 0.432. The predicted molar refractivity (Wildman–Crippen MR) is 97.5 cm³/mol. The molecular weight excluding hydrogens is 374 g/mol. The zero-order valence-corrected chi connectivity index (χ0v) is 14.9. The molecular formula is C18H15ClN3O5-. The van der Waals surface area contributed by atoms with Crippen molar-refractivity contribution in [2.45, 2.75) is 6.92 Å². The smallest absolute Gasteiger partial charge is 0.329 e. The summed E-state index contributed by atoms with van der Waals surface area (Å²) in [7, 11) is 0. The number of hydrogen-bond donors (Lipinski definition) is 2. The number of aryl methyl sites for hydroxylation is 1. The maximum absolute atomic E-state index is 11.8. The molecule has 0 spiro atoms. The summed E-state index contributed by atoms with van der Waals surface area (Å²) in [5.74, 6) is -3.00. The third kappa shape index (κ3) is 6.44. The minimum atomic E-state index is -1.37. The minimum Gasteiger partial charge on any atom is -0.546 e. The summed E-state index contributed by atoms with van der Waals surface area (Å²) in [4.78, 5) is 33.9. The zero-order valence-electron chi connectivity index (χ0n) is 14.2. The van der Waals surface area contributed by atoms with Gasteiger partial charge in [0.15, 0.2) is 0 Å². The maximum atomic E-state index is 11.8. The Morgan fingerprint density at radius 2 is 1.85 bits per heavy atom. The topological polar surface area (TPSA) is 120 Å². The van der Waals surface area contributed by atoms with Gasteiger partial charge in [0.25, 0.3) is 0 Å². The number of ether oxygens (including phenoxy) is 1. The second kappa shape index (κ2) is 9.35. The lowest BCUT2D eigenvalue weighted by Gasteiger charge is -2.08. The van der Waals surface area contributed by atoms with E-state index in [1.54, 1.807) is 30.3 Å². The number of rotatable bonds is 6. The van der Waals surface area contributed by atoms with E-state index in [-0.39, 0.29) is 10.8 Å². The molecule has 0 fully saturated rings. The van der Waals surface area contributed by atoms with Crippen molar-refractivity contribution in [2.24, 2.45) is 5.10 Å². The molecule has 0 aliphatic rings. The molecule has 8 nitrogen and oxygen atoms in total. The average Bonchev–Trinajstić information content (AvgIpc) is 2.62. The van der Waals surface area contributed by atoms with Crippen molar-refractivity contribution in [1.82, 2.24) is 5.43 Å². The molecule has 2 aromatic carbocycles. The third-order valence-corrected chi connectivity index (χ3v) is 3.49. The summed E-state index contributed by atoms with van der Waals surface area (Å²) in [6.45, 7) is 1.28. The number of nitrogens with zero attached hydrogens (tertiary/aromatic N) is 1. The second-order valence-electron chi connectivity index (χ2n) is 5.37. The molecule has 0 radical (unpaired) electrons. The van der Waals surface area contributed by atoms with Crippen LogP contribution in [0.2, 0.25) is 5.02 Å². The third-order valence-electron chi connectivity index (χ3n) is 3.20. The van der Waals surface area contributed by atoms with Crippen LogP contribution in [-0.4, -0.2) is 30.6 Å². The number of halogens is 1. The van der Waals surface area contributed by atoms with E-state index < -0.39 is 24.4 Å². The molecule has 27 heavy (non-hydrogen) atoms. The summed E-state index contributed by atoms with van der Waals surface area (Å²) in [5.41, 5.74) is 4.11. The number of aliphatic carboxylic acids is 1. The van der Waals surface area contributed by atoms with Gasteiger partial charge in [-0.15, -0.1) is 0 Å². The number of carboxylic acids is 1. The number of benzene rings is 2. The maximum Gasteiger partial charge on any atom is 0.329 e. The van der Waals surface area contributed by atoms with Gasteiger partial charge in [-0.05, 0) is 42.8 Å². The number of carboxylic acid groups (broad SMARTS) is 1. The first-order valence-electron chi connectivity index (χ1n) is 7.68. The zero-order chi connectivity index (χ0) is 19.8. The van der Waals surface area contributed by atoms with Crippen LogP contribution in [0.25, 0.3) is 0 Å². The molecule has 0 atom stereocenters. The summed E-state index contributed by atoms with van der Waals surface area (Å²) < 4.78 is 4.93. The predicted octanol–water partition coefficient (Wildman–Crippen LogP) is 0.866. The van der Waals surface area contributed by atoms with Gasteiger partial charge >= 0.3 is 11.8 Å². The molecule has 0 saturated heterocycles. The van der Waals surface area contributed by atoms with Crippen LogP contribution in [0, 0.1) is 6.92 Å². The molecule has 2 aromatic rings. The van der Waals surface area contributed by atoms with Gasteiger partial charge < -0.3 is 20.0 Å². The summed E-state index contributed by atoms with van der Waals surface area (Å²) >= 11 is 5.95. The molecule has 0 unspecified atom stereocenters. The van der Waals surface area contributed by atoms with Crippen molar-refractivity contribution in [3.63, 3.8) is 0 Å². The highest BCUT2D eigenvalue weighted by Crippen LogP contribution is 2.24. The van der Waals surface area contributed by atoms with E-state index in [4.69, 9.17) is 16.3 Å². The Hall–Kier alpha value is -3.39. The van der Waals surface area contributed by atoms with Gasteiger partial charge in [-0.3, -0.25) is 9.59 Å². The molecule has 0 aliphatic heterocycles. The number of anilines is 1. The Labute approximate surface area is 159 Å². The Morgan fingerprint density at radius 3 is 2.48 bits per heavy atom. The van der Waals surface area contributed by atoms with Crippen LogP contribution in [-0.2, 0) is 14.4 Å². The van der Waals surface area contributed by atoms with Gasteiger partial charge in [0, 0.05) is 5.69 Å². The lowest BCUT2D eigenvalue weighted by molar-refractivity contribution is -0.307. The molecule has 0 saturated carbocycles. The molecule has 2 amide bonds. The van der Waals surface area contributed by atoms with Crippen molar-refractivity contribution in [2.75, 3.05) is 11.9 Å². The van der Waals surface area contributed by atoms with E-state index in [0.29, 0.717) is 11.3 Å². The van der Waals surface area contributed by atoms with Crippen LogP contribution in [0.3, 0.4) is 0 Å². The van der Waals surface area contributed by atoms with Crippen molar-refractivity contribution in [3.8, 4) is 5.75 Å². The van der Waals surface area contributed by atoms with Crippen LogP contribution in [0.1, 0.15) is 11.1 Å². The molecule has 2 rings (SSSR count). The van der Waals surface area contributed by atoms with Gasteiger partial charge in [0.1, 0.15) is 12.4 Å².